The number of carbonyl (C=O) groups is 1. The van der Waals surface area contributed by atoms with Gasteiger partial charge >= 0.3 is 0 Å². The van der Waals surface area contributed by atoms with Crippen molar-refractivity contribution in [2.75, 3.05) is 20.6 Å². The molecule has 1 aromatic carbocycles. The zero-order chi connectivity index (χ0) is 21.7. The number of carbonyl (C=O) groups excluding carboxylic acids is 1. The van der Waals surface area contributed by atoms with E-state index < -0.39 is 37.2 Å². The van der Waals surface area contributed by atoms with Crippen LogP contribution in [0.1, 0.15) is 38.6 Å². The van der Waals surface area contributed by atoms with Gasteiger partial charge in [0.25, 0.3) is 0 Å². The number of piperidine rings is 1. The van der Waals surface area contributed by atoms with Crippen molar-refractivity contribution < 1.29 is 27.6 Å². The second-order valence-corrected chi connectivity index (χ2v) is 7.02. The van der Waals surface area contributed by atoms with Gasteiger partial charge in [-0.1, -0.05) is 6.07 Å². The monoisotopic (exact) mass is 322 g/mol. The van der Waals surface area contributed by atoms with E-state index in [0.29, 0.717) is 12.0 Å². The second-order valence-electron chi connectivity index (χ2n) is 7.02. The molecule has 1 saturated heterocycles. The number of hydrogen-bond acceptors (Lipinski definition) is 5. The summed E-state index contributed by atoms with van der Waals surface area (Å²) in [5.74, 6) is 0.0552. The van der Waals surface area contributed by atoms with Crippen LogP contribution >= 0.6 is 0 Å². The molecular formula is C18H21NO4. The quantitative estimate of drug-likeness (QED) is 0.882. The largest absolute Gasteiger partial charge is 0.493 e. The zero-order valence-electron chi connectivity index (χ0n) is 19.4. The number of benzene rings is 1. The second kappa shape index (κ2) is 4.08. The molecule has 0 amide bonds. The Morgan fingerprint density at radius 3 is 3.30 bits per heavy atom. The van der Waals surface area contributed by atoms with Crippen molar-refractivity contribution in [3.05, 3.63) is 23.3 Å². The molecule has 0 radical (unpaired) electrons. The number of ketones is 1. The first kappa shape index (κ1) is 8.49. The van der Waals surface area contributed by atoms with Crippen molar-refractivity contribution in [2.24, 2.45) is 0 Å². The predicted octanol–water partition coefficient (Wildman–Crippen LogP) is 1.05. The standard InChI is InChI=1S/C18H21NO4/c1-19-8-7-17-14-10-3-4-12(22-2)15(14)23-16(17)11(20)5-6-18(17,21)13(19)9-10/h3-4,13,16,21H,5-9H2,1-2H3/t13-,16?,17+,18-/m1/s1/i1D3,2D3,21D. The van der Waals surface area contributed by atoms with Gasteiger partial charge < -0.3 is 19.5 Å². The van der Waals surface area contributed by atoms with Crippen molar-refractivity contribution >= 4 is 5.78 Å². The van der Waals surface area contributed by atoms with Crippen LogP contribution in [0.5, 0.6) is 11.5 Å². The van der Waals surface area contributed by atoms with Crippen LogP contribution in [0.25, 0.3) is 0 Å². The number of nitrogens with zero attached hydrogens (tertiary/aromatic N) is 1. The Hall–Kier alpha value is -1.59. The summed E-state index contributed by atoms with van der Waals surface area (Å²) in [6.07, 6.45) is -0.132. The Morgan fingerprint density at radius 1 is 1.52 bits per heavy atom. The van der Waals surface area contributed by atoms with E-state index in [1.165, 1.54) is 11.0 Å². The first-order chi connectivity index (χ1) is 13.9. The topological polar surface area (TPSA) is 59.0 Å². The van der Waals surface area contributed by atoms with Gasteiger partial charge in [0.15, 0.2) is 23.4 Å². The number of Topliss-reactive ketones (excluding diaryl/α,β-unsaturated/α-hetero) is 1. The van der Waals surface area contributed by atoms with E-state index >= 15 is 0 Å². The minimum atomic E-state index is -2.70. The Balaban J connectivity index is 1.77. The fourth-order valence-corrected chi connectivity index (χ4v) is 5.37. The molecule has 1 unspecified atom stereocenters. The summed E-state index contributed by atoms with van der Waals surface area (Å²) in [6.45, 7) is -2.19. The van der Waals surface area contributed by atoms with E-state index in [1.54, 1.807) is 6.07 Å². The van der Waals surface area contributed by atoms with Crippen LogP contribution in [0.15, 0.2) is 12.1 Å². The molecule has 4 atom stereocenters. The minimum Gasteiger partial charge on any atom is -0.493 e. The van der Waals surface area contributed by atoms with Crippen molar-refractivity contribution in [2.45, 2.75) is 48.8 Å². The van der Waals surface area contributed by atoms with Gasteiger partial charge in [0.2, 0.25) is 1.43 Å². The van der Waals surface area contributed by atoms with Crippen LogP contribution in [-0.2, 0) is 16.6 Å². The molecule has 4 aliphatic rings. The fraction of sp³-hybridized carbons (Fsp3) is 0.611. The van der Waals surface area contributed by atoms with Gasteiger partial charge in [0, 0.05) is 22.1 Å². The third-order valence-electron chi connectivity index (χ3n) is 6.31. The summed E-state index contributed by atoms with van der Waals surface area (Å²) < 4.78 is 65.6. The smallest absolute Gasteiger partial charge is 0.211 e. The van der Waals surface area contributed by atoms with E-state index in [4.69, 9.17) is 24.2 Å². The van der Waals surface area contributed by atoms with E-state index in [1.807, 2.05) is 0 Å². The van der Waals surface area contributed by atoms with Crippen molar-refractivity contribution in [1.82, 2.24) is 4.90 Å². The SMILES string of the molecule is [2H]O[C@@]12CCC(=O)C3Oc4c(OC([2H])([2H])[2H])ccc5c4[C@@]31CCN(C([2H])([2H])[2H])[C@@H]2C5. The van der Waals surface area contributed by atoms with E-state index in [0.717, 1.165) is 5.56 Å². The summed E-state index contributed by atoms with van der Waals surface area (Å²) in [5.41, 5.74) is -0.898. The average molecular weight is 322 g/mol. The summed E-state index contributed by atoms with van der Waals surface area (Å²) >= 11 is 0. The van der Waals surface area contributed by atoms with Crippen LogP contribution in [-0.4, -0.2) is 55.5 Å². The maximum absolute atomic E-state index is 12.9. The van der Waals surface area contributed by atoms with Crippen LogP contribution in [0.4, 0.5) is 0 Å². The highest BCUT2D eigenvalue weighted by Gasteiger charge is 2.72. The Morgan fingerprint density at radius 2 is 2.48 bits per heavy atom. The Labute approximate surface area is 145 Å². The zero-order valence-corrected chi connectivity index (χ0v) is 12.4. The van der Waals surface area contributed by atoms with E-state index in [9.17, 15) is 4.79 Å². The lowest BCUT2D eigenvalue weighted by atomic mass is 9.49. The molecule has 1 aromatic rings. The molecule has 2 bridgehead atoms. The molecule has 23 heavy (non-hydrogen) atoms. The molecule has 2 heterocycles. The third-order valence-corrected chi connectivity index (χ3v) is 6.31. The number of likely N-dealkylation sites (N-methyl/N-ethyl adjacent to an activating group) is 1. The van der Waals surface area contributed by atoms with Crippen LogP contribution in [0.2, 0.25) is 0 Å². The lowest BCUT2D eigenvalue weighted by Gasteiger charge is -2.62. The number of likely N-dealkylation sites (tertiary alicyclic amines) is 1. The highest BCUT2D eigenvalue weighted by Crippen LogP contribution is 2.64. The first-order valence-corrected chi connectivity index (χ1v) is 7.90. The molecule has 0 aromatic heterocycles. The van der Waals surface area contributed by atoms with E-state index in [-0.39, 0.29) is 43.1 Å². The molecule has 5 heteroatoms. The number of aliphatic hydroxyl groups is 1. The summed E-state index contributed by atoms with van der Waals surface area (Å²) in [4.78, 5) is 14.3. The van der Waals surface area contributed by atoms with Crippen LogP contribution in [0.3, 0.4) is 0 Å². The molecule has 122 valence electrons. The molecule has 5 nitrogen and oxygen atoms in total. The highest BCUT2D eigenvalue weighted by atomic mass is 16.5. The summed E-state index contributed by atoms with van der Waals surface area (Å²) in [7, 11) is -2.70. The molecular weight excluding hydrogens is 294 g/mol. The summed E-state index contributed by atoms with van der Waals surface area (Å²) in [6, 6.07) is 2.56. The first-order valence-electron chi connectivity index (χ1n) is 11.3. The van der Waals surface area contributed by atoms with Crippen LogP contribution < -0.4 is 9.47 Å². The molecule has 1 N–H and O–H groups in total. The number of ether oxygens (including phenoxy) is 2. The molecule has 5 rings (SSSR count). The average Bonchev–Trinajstić information content (AvgIpc) is 2.98. The molecule has 2 aliphatic heterocycles. The van der Waals surface area contributed by atoms with E-state index in [2.05, 4.69) is 0 Å². The van der Waals surface area contributed by atoms with Gasteiger partial charge in [-0.05, 0) is 44.4 Å². The van der Waals surface area contributed by atoms with Gasteiger partial charge in [0.05, 0.1) is 22.2 Å². The van der Waals surface area contributed by atoms with Gasteiger partial charge in [-0.3, -0.25) is 4.79 Å². The normalized spacial score (nSPS) is 46.1. The van der Waals surface area contributed by atoms with Gasteiger partial charge in [0.1, 0.15) is 0 Å². The lowest BCUT2D eigenvalue weighted by molar-refractivity contribution is -0.185. The maximum Gasteiger partial charge on any atom is 0.211 e. The fourth-order valence-electron chi connectivity index (χ4n) is 5.37. The van der Waals surface area contributed by atoms with Gasteiger partial charge in [-0.2, -0.15) is 0 Å². The summed E-state index contributed by atoms with van der Waals surface area (Å²) in [5, 5.41) is 5.39. The van der Waals surface area contributed by atoms with Crippen LogP contribution in [0, 0.1) is 0 Å². The van der Waals surface area contributed by atoms with Gasteiger partial charge in [-0.25, -0.2) is 0 Å². The maximum atomic E-state index is 12.9. The lowest BCUT2D eigenvalue weighted by Crippen LogP contribution is -2.76. The third kappa shape index (κ3) is 1.32. The number of rotatable bonds is 2. The molecule has 2 aliphatic carbocycles. The number of methoxy groups -OCH3 is 1. The predicted molar refractivity (Wildman–Crippen MR) is 83.0 cm³/mol. The highest BCUT2D eigenvalue weighted by molar-refractivity contribution is 5.90. The number of hydrogen-bond donors (Lipinski definition) is 1. The molecule has 2 fully saturated rings. The van der Waals surface area contributed by atoms with Crippen molar-refractivity contribution in [1.29, 1.82) is 1.43 Å². The van der Waals surface area contributed by atoms with Crippen molar-refractivity contribution in [3.63, 3.8) is 0 Å². The minimum absolute atomic E-state index is 0.0147. The molecule has 1 spiro atoms. The Bertz CT molecular complexity index is 932. The Kier molecular flexibility index (Phi) is 1.51. The van der Waals surface area contributed by atoms with Gasteiger partial charge in [-0.15, -0.1) is 0 Å². The molecule has 1 saturated carbocycles. The van der Waals surface area contributed by atoms with Crippen molar-refractivity contribution in [3.8, 4) is 11.5 Å².